The van der Waals surface area contributed by atoms with E-state index in [-0.39, 0.29) is 0 Å². The van der Waals surface area contributed by atoms with Crippen LogP contribution in [0.2, 0.25) is 0 Å². The summed E-state index contributed by atoms with van der Waals surface area (Å²) in [5.74, 6) is 1.16. The summed E-state index contributed by atoms with van der Waals surface area (Å²) in [6.07, 6.45) is 7.48. The third kappa shape index (κ3) is 3.79. The number of carbonyl (C=O) groups excluding carboxylic acids is 1. The van der Waals surface area contributed by atoms with Crippen molar-refractivity contribution in [3.63, 3.8) is 0 Å². The van der Waals surface area contributed by atoms with Crippen LogP contribution >= 0.6 is 0 Å². The number of hydrogen-bond donors (Lipinski definition) is 0. The maximum Gasteiger partial charge on any atom is 0.141 e. The number of piperidine rings is 1. The molecule has 0 N–H and O–H groups in total. The minimum absolute atomic E-state index is 0.295. The van der Waals surface area contributed by atoms with E-state index in [1.54, 1.807) is 0 Å². The molecule has 2 rings (SSSR count). The highest BCUT2D eigenvalue weighted by Gasteiger charge is 2.32. The van der Waals surface area contributed by atoms with E-state index in [2.05, 4.69) is 23.9 Å². The van der Waals surface area contributed by atoms with Crippen molar-refractivity contribution >= 4 is 5.78 Å². The largest absolute Gasteiger partial charge is 0.309 e. The Kier molecular flexibility index (Phi) is 5.19. The molecule has 1 aliphatic carbocycles. The van der Waals surface area contributed by atoms with Crippen molar-refractivity contribution in [2.24, 2.45) is 11.8 Å². The van der Waals surface area contributed by atoms with Crippen LogP contribution in [0, 0.1) is 11.8 Å². The molecular formula is C15H28N2O. The lowest BCUT2D eigenvalue weighted by molar-refractivity contribution is -0.130. The van der Waals surface area contributed by atoms with E-state index >= 15 is 0 Å². The fourth-order valence-corrected chi connectivity index (χ4v) is 3.49. The van der Waals surface area contributed by atoms with Crippen LogP contribution in [0.1, 0.15) is 38.5 Å². The van der Waals surface area contributed by atoms with E-state index < -0.39 is 0 Å². The summed E-state index contributed by atoms with van der Waals surface area (Å²) in [6, 6.07) is 0. The van der Waals surface area contributed by atoms with E-state index in [9.17, 15) is 4.79 Å². The summed E-state index contributed by atoms with van der Waals surface area (Å²) in [6.45, 7) is 4.39. The number of rotatable bonds is 4. The fraction of sp³-hybridized carbons (Fsp3) is 0.933. The van der Waals surface area contributed by atoms with Gasteiger partial charge < -0.3 is 9.80 Å². The van der Waals surface area contributed by atoms with Gasteiger partial charge in [0, 0.05) is 24.9 Å². The monoisotopic (exact) mass is 252 g/mol. The highest BCUT2D eigenvalue weighted by Crippen LogP contribution is 2.27. The first kappa shape index (κ1) is 14.0. The van der Waals surface area contributed by atoms with Crippen molar-refractivity contribution < 1.29 is 4.79 Å². The molecule has 0 aromatic heterocycles. The first-order chi connectivity index (χ1) is 8.66. The van der Waals surface area contributed by atoms with Crippen LogP contribution in [0.4, 0.5) is 0 Å². The number of likely N-dealkylation sites (tertiary alicyclic amines) is 1. The molecule has 1 saturated carbocycles. The van der Waals surface area contributed by atoms with Crippen LogP contribution in [0.3, 0.4) is 0 Å². The molecule has 2 atom stereocenters. The van der Waals surface area contributed by atoms with Crippen LogP contribution in [0.5, 0.6) is 0 Å². The smallest absolute Gasteiger partial charge is 0.141 e. The van der Waals surface area contributed by atoms with E-state index in [0.717, 1.165) is 25.9 Å². The molecule has 0 aromatic rings. The zero-order chi connectivity index (χ0) is 13.0. The second-order valence-electron chi connectivity index (χ2n) is 6.35. The summed E-state index contributed by atoms with van der Waals surface area (Å²) < 4.78 is 0. The average Bonchev–Trinajstić information content (AvgIpc) is 2.35. The first-order valence-corrected chi connectivity index (χ1v) is 7.57. The standard InChI is InChI=1S/C15H28N2O/c1-16(2)11-13-7-6-8-14(15(13)18)12-17-9-4-3-5-10-17/h13-14H,3-12H2,1-2H3/t13-,14+/m1/s1. The second kappa shape index (κ2) is 6.67. The Morgan fingerprint density at radius 1 is 1.06 bits per heavy atom. The van der Waals surface area contributed by atoms with Gasteiger partial charge in [0.25, 0.3) is 0 Å². The zero-order valence-electron chi connectivity index (χ0n) is 12.0. The van der Waals surface area contributed by atoms with Crippen molar-refractivity contribution in [2.45, 2.75) is 38.5 Å². The zero-order valence-corrected chi connectivity index (χ0v) is 12.0. The molecule has 0 bridgehead atoms. The maximum absolute atomic E-state index is 12.5. The lowest BCUT2D eigenvalue weighted by Crippen LogP contribution is -2.42. The van der Waals surface area contributed by atoms with Crippen molar-refractivity contribution in [2.75, 3.05) is 40.3 Å². The molecule has 2 aliphatic rings. The molecule has 0 amide bonds. The summed E-state index contributed by atoms with van der Waals surface area (Å²) in [5, 5.41) is 0. The van der Waals surface area contributed by atoms with E-state index in [1.165, 1.54) is 38.8 Å². The van der Waals surface area contributed by atoms with Crippen molar-refractivity contribution in [3.05, 3.63) is 0 Å². The van der Waals surface area contributed by atoms with Gasteiger partial charge in [-0.2, -0.15) is 0 Å². The minimum atomic E-state index is 0.295. The summed E-state index contributed by atoms with van der Waals surface area (Å²) in [4.78, 5) is 17.2. The van der Waals surface area contributed by atoms with Crippen LogP contribution < -0.4 is 0 Å². The first-order valence-electron chi connectivity index (χ1n) is 7.57. The van der Waals surface area contributed by atoms with Gasteiger partial charge in [0.05, 0.1) is 0 Å². The molecule has 0 radical (unpaired) electrons. The second-order valence-corrected chi connectivity index (χ2v) is 6.35. The third-order valence-corrected chi connectivity index (χ3v) is 4.42. The number of ketones is 1. The van der Waals surface area contributed by atoms with Crippen LogP contribution in [-0.2, 0) is 4.79 Å². The van der Waals surface area contributed by atoms with Crippen molar-refractivity contribution in [1.29, 1.82) is 0 Å². The summed E-state index contributed by atoms with van der Waals surface area (Å²) in [7, 11) is 4.14. The molecule has 3 heteroatoms. The minimum Gasteiger partial charge on any atom is -0.309 e. The lowest BCUT2D eigenvalue weighted by Gasteiger charge is -2.34. The quantitative estimate of drug-likeness (QED) is 0.765. The summed E-state index contributed by atoms with van der Waals surface area (Å²) >= 11 is 0. The van der Waals surface area contributed by atoms with Crippen LogP contribution in [0.25, 0.3) is 0 Å². The average molecular weight is 252 g/mol. The predicted octanol–water partition coefficient (Wildman–Crippen LogP) is 2.02. The molecule has 18 heavy (non-hydrogen) atoms. The number of hydrogen-bond acceptors (Lipinski definition) is 3. The third-order valence-electron chi connectivity index (χ3n) is 4.42. The molecule has 0 unspecified atom stereocenters. The molecule has 104 valence electrons. The normalized spacial score (nSPS) is 30.9. The highest BCUT2D eigenvalue weighted by atomic mass is 16.1. The topological polar surface area (TPSA) is 23.6 Å². The van der Waals surface area contributed by atoms with Gasteiger partial charge in [0.2, 0.25) is 0 Å². The number of carbonyl (C=O) groups is 1. The Labute approximate surface area is 112 Å². The van der Waals surface area contributed by atoms with E-state index in [0.29, 0.717) is 17.6 Å². The van der Waals surface area contributed by atoms with Gasteiger partial charge in [-0.05, 0) is 52.9 Å². The van der Waals surface area contributed by atoms with E-state index in [1.807, 2.05) is 0 Å². The fourth-order valence-electron chi connectivity index (χ4n) is 3.49. The lowest BCUT2D eigenvalue weighted by atomic mass is 9.79. The molecule has 1 aliphatic heterocycles. The molecule has 0 spiro atoms. The summed E-state index contributed by atoms with van der Waals surface area (Å²) in [5.41, 5.74) is 0. The Hall–Kier alpha value is -0.410. The molecule has 0 aromatic carbocycles. The molecule has 3 nitrogen and oxygen atoms in total. The van der Waals surface area contributed by atoms with Crippen molar-refractivity contribution in [1.82, 2.24) is 9.80 Å². The van der Waals surface area contributed by atoms with Gasteiger partial charge in [0.15, 0.2) is 0 Å². The molecule has 1 saturated heterocycles. The molecule has 1 heterocycles. The Bertz CT molecular complexity index is 272. The van der Waals surface area contributed by atoms with Gasteiger partial charge in [-0.15, -0.1) is 0 Å². The Morgan fingerprint density at radius 3 is 2.39 bits per heavy atom. The Morgan fingerprint density at radius 2 is 1.72 bits per heavy atom. The predicted molar refractivity (Wildman–Crippen MR) is 74.7 cm³/mol. The van der Waals surface area contributed by atoms with Gasteiger partial charge in [0.1, 0.15) is 5.78 Å². The van der Waals surface area contributed by atoms with Gasteiger partial charge >= 0.3 is 0 Å². The maximum atomic E-state index is 12.5. The van der Waals surface area contributed by atoms with Gasteiger partial charge in [-0.1, -0.05) is 12.8 Å². The highest BCUT2D eigenvalue weighted by molar-refractivity contribution is 5.84. The van der Waals surface area contributed by atoms with Crippen LogP contribution in [0.15, 0.2) is 0 Å². The number of nitrogens with zero attached hydrogens (tertiary/aromatic N) is 2. The van der Waals surface area contributed by atoms with Gasteiger partial charge in [-0.25, -0.2) is 0 Å². The van der Waals surface area contributed by atoms with Crippen LogP contribution in [-0.4, -0.2) is 55.9 Å². The SMILES string of the molecule is CN(C)C[C@H]1CCC[C@@H](CN2CCCCC2)C1=O. The molecular weight excluding hydrogens is 224 g/mol. The Balaban J connectivity index is 1.85. The van der Waals surface area contributed by atoms with Gasteiger partial charge in [-0.3, -0.25) is 4.79 Å². The molecule has 2 fully saturated rings. The number of Topliss-reactive ketones (excluding diaryl/α,β-unsaturated/α-hetero) is 1. The van der Waals surface area contributed by atoms with E-state index in [4.69, 9.17) is 0 Å². The van der Waals surface area contributed by atoms with Crippen molar-refractivity contribution in [3.8, 4) is 0 Å².